The fraction of sp³-hybridized carbons (Fsp3) is 0.467. The van der Waals surface area contributed by atoms with Crippen molar-refractivity contribution in [3.05, 3.63) is 34.9 Å². The lowest BCUT2D eigenvalue weighted by Gasteiger charge is -2.13. The van der Waals surface area contributed by atoms with E-state index in [0.717, 1.165) is 6.07 Å². The Morgan fingerprint density at radius 3 is 2.43 bits per heavy atom. The number of rotatable bonds is 6. The SMILES string of the molecule is CCOC(=O)CCCC(=O)c1cccc(C(F)(F)F)c1C. The highest BCUT2D eigenvalue weighted by Gasteiger charge is 2.33. The number of Topliss-reactive ketones (excluding diaryl/α,β-unsaturated/α-hetero) is 1. The van der Waals surface area contributed by atoms with Crippen LogP contribution in [-0.4, -0.2) is 18.4 Å². The van der Waals surface area contributed by atoms with Crippen LogP contribution in [0.3, 0.4) is 0 Å². The van der Waals surface area contributed by atoms with Crippen LogP contribution in [0, 0.1) is 6.92 Å². The van der Waals surface area contributed by atoms with Crippen LogP contribution in [0.15, 0.2) is 18.2 Å². The van der Waals surface area contributed by atoms with E-state index in [9.17, 15) is 22.8 Å². The van der Waals surface area contributed by atoms with Gasteiger partial charge in [0.1, 0.15) is 0 Å². The Morgan fingerprint density at radius 1 is 1.19 bits per heavy atom. The van der Waals surface area contributed by atoms with Gasteiger partial charge in [0, 0.05) is 18.4 Å². The molecule has 0 aromatic heterocycles. The minimum absolute atomic E-state index is 0.0148. The second kappa shape index (κ2) is 7.24. The highest BCUT2D eigenvalue weighted by molar-refractivity contribution is 5.97. The van der Waals surface area contributed by atoms with Gasteiger partial charge in [0.25, 0.3) is 0 Å². The van der Waals surface area contributed by atoms with E-state index >= 15 is 0 Å². The number of benzene rings is 1. The molecular weight excluding hydrogens is 285 g/mol. The molecule has 0 aliphatic heterocycles. The summed E-state index contributed by atoms with van der Waals surface area (Å²) in [5, 5.41) is 0. The topological polar surface area (TPSA) is 43.4 Å². The zero-order valence-corrected chi connectivity index (χ0v) is 11.9. The van der Waals surface area contributed by atoms with Gasteiger partial charge in [-0.2, -0.15) is 13.2 Å². The Bertz CT molecular complexity index is 521. The van der Waals surface area contributed by atoms with E-state index < -0.39 is 23.5 Å². The number of alkyl halides is 3. The Labute approximate surface area is 121 Å². The van der Waals surface area contributed by atoms with Crippen molar-refractivity contribution in [1.29, 1.82) is 0 Å². The molecule has 0 saturated carbocycles. The molecule has 1 aromatic carbocycles. The molecule has 21 heavy (non-hydrogen) atoms. The fourth-order valence-corrected chi connectivity index (χ4v) is 2.01. The molecule has 1 rings (SSSR count). The zero-order chi connectivity index (χ0) is 16.0. The largest absolute Gasteiger partial charge is 0.466 e. The van der Waals surface area contributed by atoms with Crippen LogP contribution in [0.25, 0.3) is 0 Å². The van der Waals surface area contributed by atoms with Crippen molar-refractivity contribution < 1.29 is 27.5 Å². The first-order chi connectivity index (χ1) is 9.77. The first-order valence-electron chi connectivity index (χ1n) is 6.63. The third kappa shape index (κ3) is 4.88. The third-order valence-corrected chi connectivity index (χ3v) is 3.03. The molecule has 0 amide bonds. The fourth-order valence-electron chi connectivity index (χ4n) is 2.01. The van der Waals surface area contributed by atoms with Crippen LogP contribution >= 0.6 is 0 Å². The molecule has 1 aromatic rings. The van der Waals surface area contributed by atoms with Gasteiger partial charge in [0.15, 0.2) is 5.78 Å². The van der Waals surface area contributed by atoms with E-state index in [4.69, 9.17) is 4.74 Å². The highest BCUT2D eigenvalue weighted by atomic mass is 19.4. The summed E-state index contributed by atoms with van der Waals surface area (Å²) in [5.41, 5.74) is -0.835. The summed E-state index contributed by atoms with van der Waals surface area (Å²) < 4.78 is 43.0. The number of hydrogen-bond acceptors (Lipinski definition) is 3. The van der Waals surface area contributed by atoms with Crippen molar-refractivity contribution in [2.75, 3.05) is 6.61 Å². The van der Waals surface area contributed by atoms with Crippen molar-refractivity contribution >= 4 is 11.8 Å². The number of carbonyl (C=O) groups is 2. The molecular formula is C15H17F3O3. The molecule has 0 radical (unpaired) electrons. The van der Waals surface area contributed by atoms with Gasteiger partial charge in [-0.15, -0.1) is 0 Å². The quantitative estimate of drug-likeness (QED) is 0.590. The average molecular weight is 302 g/mol. The smallest absolute Gasteiger partial charge is 0.416 e. The van der Waals surface area contributed by atoms with Crippen LogP contribution in [0.2, 0.25) is 0 Å². The normalized spacial score (nSPS) is 11.3. The molecule has 0 spiro atoms. The summed E-state index contributed by atoms with van der Waals surface area (Å²) in [5.74, 6) is -0.811. The first-order valence-corrected chi connectivity index (χ1v) is 6.63. The van der Waals surface area contributed by atoms with E-state index in [1.54, 1.807) is 6.92 Å². The molecule has 0 N–H and O–H groups in total. The number of hydrogen-bond donors (Lipinski definition) is 0. The van der Waals surface area contributed by atoms with Gasteiger partial charge in [0.05, 0.1) is 12.2 Å². The molecule has 6 heteroatoms. The van der Waals surface area contributed by atoms with Crippen LogP contribution in [0.5, 0.6) is 0 Å². The molecule has 0 fully saturated rings. The van der Waals surface area contributed by atoms with Gasteiger partial charge in [-0.1, -0.05) is 12.1 Å². The van der Waals surface area contributed by atoms with Crippen LogP contribution in [0.4, 0.5) is 13.2 Å². The van der Waals surface area contributed by atoms with E-state index in [1.165, 1.54) is 19.1 Å². The predicted octanol–water partition coefficient (Wildman–Crippen LogP) is 3.93. The van der Waals surface area contributed by atoms with Gasteiger partial charge < -0.3 is 4.74 Å². The maximum absolute atomic E-state index is 12.8. The number of halogens is 3. The number of esters is 1. The monoisotopic (exact) mass is 302 g/mol. The molecule has 0 saturated heterocycles. The lowest BCUT2D eigenvalue weighted by atomic mass is 9.96. The summed E-state index contributed by atoms with van der Waals surface area (Å²) in [6.07, 6.45) is -4.13. The zero-order valence-electron chi connectivity index (χ0n) is 11.9. The van der Waals surface area contributed by atoms with Crippen molar-refractivity contribution in [1.82, 2.24) is 0 Å². The predicted molar refractivity (Wildman–Crippen MR) is 71.0 cm³/mol. The minimum atomic E-state index is -4.48. The van der Waals surface area contributed by atoms with Gasteiger partial charge >= 0.3 is 12.1 Å². The lowest BCUT2D eigenvalue weighted by molar-refractivity contribution is -0.143. The summed E-state index contributed by atoms with van der Waals surface area (Å²) in [6.45, 7) is 3.22. The van der Waals surface area contributed by atoms with Crippen molar-refractivity contribution in [2.45, 2.75) is 39.3 Å². The average Bonchev–Trinajstić information content (AvgIpc) is 2.37. The van der Waals surface area contributed by atoms with E-state index in [-0.39, 0.29) is 37.0 Å². The van der Waals surface area contributed by atoms with Gasteiger partial charge in [-0.25, -0.2) is 0 Å². The Morgan fingerprint density at radius 2 is 1.86 bits per heavy atom. The van der Waals surface area contributed by atoms with Gasteiger partial charge in [0.2, 0.25) is 0 Å². The summed E-state index contributed by atoms with van der Waals surface area (Å²) in [6, 6.07) is 3.54. The van der Waals surface area contributed by atoms with Crippen molar-refractivity contribution in [3.8, 4) is 0 Å². The molecule has 0 aliphatic rings. The van der Waals surface area contributed by atoms with E-state index in [1.807, 2.05) is 0 Å². The second-order valence-corrected chi connectivity index (χ2v) is 4.56. The molecule has 0 unspecified atom stereocenters. The van der Waals surface area contributed by atoms with Crippen LogP contribution < -0.4 is 0 Å². The molecule has 3 nitrogen and oxygen atoms in total. The van der Waals surface area contributed by atoms with Crippen molar-refractivity contribution in [2.24, 2.45) is 0 Å². The number of ketones is 1. The minimum Gasteiger partial charge on any atom is -0.466 e. The van der Waals surface area contributed by atoms with Gasteiger partial charge in [-0.3, -0.25) is 9.59 Å². The summed E-state index contributed by atoms with van der Waals surface area (Å²) >= 11 is 0. The van der Waals surface area contributed by atoms with Gasteiger partial charge in [-0.05, 0) is 31.9 Å². The van der Waals surface area contributed by atoms with Crippen LogP contribution in [0.1, 0.15) is 47.7 Å². The highest BCUT2D eigenvalue weighted by Crippen LogP contribution is 2.33. The number of ether oxygens (including phenoxy) is 1. The molecule has 0 aliphatic carbocycles. The van der Waals surface area contributed by atoms with E-state index in [2.05, 4.69) is 0 Å². The number of carbonyl (C=O) groups excluding carboxylic acids is 2. The Kier molecular flexibility index (Phi) is 5.93. The van der Waals surface area contributed by atoms with E-state index in [0.29, 0.717) is 0 Å². The molecule has 116 valence electrons. The standard InChI is InChI=1S/C15H17F3O3/c1-3-21-14(20)9-5-8-13(19)11-6-4-7-12(10(11)2)15(16,17)18/h4,6-7H,3,5,8-9H2,1-2H3. The summed E-state index contributed by atoms with van der Waals surface area (Å²) in [4.78, 5) is 23.1. The second-order valence-electron chi connectivity index (χ2n) is 4.56. The Hall–Kier alpha value is -1.85. The maximum Gasteiger partial charge on any atom is 0.416 e. The lowest BCUT2D eigenvalue weighted by Crippen LogP contribution is -2.12. The third-order valence-electron chi connectivity index (χ3n) is 3.03. The van der Waals surface area contributed by atoms with Crippen molar-refractivity contribution in [3.63, 3.8) is 0 Å². The van der Waals surface area contributed by atoms with Crippen LogP contribution in [-0.2, 0) is 15.7 Å². The first kappa shape index (κ1) is 17.2. The maximum atomic E-state index is 12.8. The molecule has 0 bridgehead atoms. The molecule has 0 atom stereocenters. The Balaban J connectivity index is 2.73. The summed E-state index contributed by atoms with van der Waals surface area (Å²) in [7, 11) is 0. The molecule has 0 heterocycles.